The number of rotatable bonds is 11. The van der Waals surface area contributed by atoms with Crippen LogP contribution in [0.25, 0.3) is 11.0 Å². The summed E-state index contributed by atoms with van der Waals surface area (Å²) in [6, 6.07) is 0.391. The first-order chi connectivity index (χ1) is 17.4. The van der Waals surface area contributed by atoms with Crippen molar-refractivity contribution in [2.75, 3.05) is 0 Å². The number of benzene rings is 1. The molecule has 1 amide bonds. The molecule has 2 aromatic rings. The number of carbonyl (C=O) groups is 4. The third-order valence-electron chi connectivity index (χ3n) is 7.49. The van der Waals surface area contributed by atoms with E-state index in [1.807, 2.05) is 20.8 Å². The van der Waals surface area contributed by atoms with Crippen molar-refractivity contribution in [3.8, 4) is 5.75 Å². The summed E-state index contributed by atoms with van der Waals surface area (Å²) in [6.45, 7) is 7.66. The molecule has 1 aromatic carbocycles. The zero-order valence-corrected chi connectivity index (χ0v) is 21.6. The number of carboxylic acid groups (broad SMARTS) is 2. The maximum absolute atomic E-state index is 13.3. The lowest BCUT2D eigenvalue weighted by Crippen LogP contribution is -2.42. The number of allylic oxidation sites excluding steroid dienone is 2. The van der Waals surface area contributed by atoms with Crippen LogP contribution in [0, 0.1) is 0 Å². The maximum atomic E-state index is 13.3. The van der Waals surface area contributed by atoms with E-state index in [2.05, 4.69) is 6.08 Å². The predicted octanol–water partition coefficient (Wildman–Crippen LogP) is 5.06. The number of furan rings is 1. The lowest BCUT2D eigenvalue weighted by atomic mass is 9.75. The fraction of sp³-hybridized carbons (Fsp3) is 0.500. The second kappa shape index (κ2) is 10.0. The van der Waals surface area contributed by atoms with Gasteiger partial charge in [0.25, 0.3) is 5.91 Å². The minimum atomic E-state index is -1.27. The molecule has 0 radical (unpaired) electrons. The highest BCUT2D eigenvalue weighted by atomic mass is 16.5. The molecular formula is C28H33NO8. The van der Waals surface area contributed by atoms with Gasteiger partial charge in [0.2, 0.25) is 0 Å². The molecule has 4 rings (SSSR count). The minimum Gasteiger partial charge on any atom is -0.486 e. The molecule has 0 bridgehead atoms. The molecule has 9 nitrogen and oxygen atoms in total. The van der Waals surface area contributed by atoms with Gasteiger partial charge in [-0.1, -0.05) is 11.6 Å². The van der Waals surface area contributed by atoms with E-state index < -0.39 is 29.5 Å². The number of hydrogen-bond donors (Lipinski definition) is 2. The molecule has 0 aliphatic carbocycles. The summed E-state index contributed by atoms with van der Waals surface area (Å²) in [4.78, 5) is 49.4. The zero-order chi connectivity index (χ0) is 27.1. The summed E-state index contributed by atoms with van der Waals surface area (Å²) >= 11 is 0. The molecular weight excluding hydrogens is 478 g/mol. The number of fused-ring (bicyclic) bond motifs is 2. The van der Waals surface area contributed by atoms with Gasteiger partial charge in [0.1, 0.15) is 28.8 Å². The van der Waals surface area contributed by atoms with Crippen molar-refractivity contribution in [2.45, 2.75) is 90.3 Å². The first-order valence-electron chi connectivity index (χ1n) is 12.6. The molecule has 0 saturated carbocycles. The van der Waals surface area contributed by atoms with Crippen molar-refractivity contribution >= 4 is 34.6 Å². The van der Waals surface area contributed by atoms with Crippen LogP contribution < -0.4 is 4.74 Å². The van der Waals surface area contributed by atoms with Crippen molar-refractivity contribution in [3.05, 3.63) is 40.7 Å². The van der Waals surface area contributed by atoms with Gasteiger partial charge in [-0.05, 0) is 59.4 Å². The summed E-state index contributed by atoms with van der Waals surface area (Å²) in [6.07, 6.45) is 5.72. The monoisotopic (exact) mass is 511 g/mol. The summed E-state index contributed by atoms with van der Waals surface area (Å²) in [5.41, 5.74) is 2.82. The van der Waals surface area contributed by atoms with Gasteiger partial charge in [0.15, 0.2) is 0 Å². The summed E-state index contributed by atoms with van der Waals surface area (Å²) in [7, 11) is 0. The van der Waals surface area contributed by atoms with E-state index in [-0.39, 0.29) is 31.1 Å². The number of ether oxygens (including phenoxy) is 1. The highest BCUT2D eigenvalue weighted by Crippen LogP contribution is 2.52. The van der Waals surface area contributed by atoms with Crippen molar-refractivity contribution < 1.29 is 38.5 Å². The van der Waals surface area contributed by atoms with Gasteiger partial charge in [-0.3, -0.25) is 9.59 Å². The normalized spacial score (nSPS) is 20.9. The second-order valence-electron chi connectivity index (χ2n) is 10.5. The van der Waals surface area contributed by atoms with E-state index in [9.17, 15) is 24.3 Å². The number of Topliss-reactive ketones (excluding diaryl/α,β-unsaturated/α-hetero) is 1. The van der Waals surface area contributed by atoms with Crippen LogP contribution in [-0.4, -0.2) is 50.4 Å². The number of carbonyl (C=O) groups excluding carboxylic acids is 2. The summed E-state index contributed by atoms with van der Waals surface area (Å²) < 4.78 is 12.6. The van der Waals surface area contributed by atoms with E-state index in [1.54, 1.807) is 19.3 Å². The third kappa shape index (κ3) is 4.99. The van der Waals surface area contributed by atoms with E-state index in [0.717, 1.165) is 17.4 Å². The minimum absolute atomic E-state index is 0.00440. The van der Waals surface area contributed by atoms with Crippen LogP contribution >= 0.6 is 0 Å². The molecule has 3 heterocycles. The van der Waals surface area contributed by atoms with Crippen LogP contribution in [0.1, 0.15) is 93.6 Å². The van der Waals surface area contributed by atoms with Gasteiger partial charge < -0.3 is 29.1 Å². The maximum Gasteiger partial charge on any atom is 0.326 e. The number of carboxylic acids is 2. The molecule has 0 fully saturated rings. The van der Waals surface area contributed by atoms with Gasteiger partial charge in [0, 0.05) is 29.9 Å². The van der Waals surface area contributed by atoms with Crippen LogP contribution in [0.3, 0.4) is 0 Å². The number of amides is 1. The fourth-order valence-corrected chi connectivity index (χ4v) is 5.60. The number of nitrogens with zero attached hydrogens (tertiary/aromatic N) is 1. The lowest BCUT2D eigenvalue weighted by Gasteiger charge is -2.41. The van der Waals surface area contributed by atoms with Crippen LogP contribution in [0.2, 0.25) is 0 Å². The molecule has 0 saturated heterocycles. The molecule has 3 atom stereocenters. The second-order valence-corrected chi connectivity index (χ2v) is 10.5. The quantitative estimate of drug-likeness (QED) is 0.400. The van der Waals surface area contributed by atoms with E-state index in [1.165, 1.54) is 10.5 Å². The van der Waals surface area contributed by atoms with Crippen molar-refractivity contribution in [3.63, 3.8) is 0 Å². The Labute approximate surface area is 215 Å². The van der Waals surface area contributed by atoms with E-state index in [0.29, 0.717) is 41.7 Å². The first kappa shape index (κ1) is 26.4. The Morgan fingerprint density at radius 2 is 1.95 bits per heavy atom. The number of hydrogen-bond acceptors (Lipinski definition) is 6. The third-order valence-corrected chi connectivity index (χ3v) is 7.49. The summed E-state index contributed by atoms with van der Waals surface area (Å²) in [5.74, 6) is -2.38. The van der Waals surface area contributed by atoms with Gasteiger partial charge in [0.05, 0.1) is 23.8 Å². The Morgan fingerprint density at radius 3 is 2.57 bits per heavy atom. The standard InChI is InChI=1S/C28H33NO8/c1-15(2)6-5-11-28(4)20(8-7-16(3)30)19-14-36-25-18-13-29(21(27(34)35)9-10-23(31)32)26(33)17(18)12-22(37-28)24(19)25/h6,12,14,20-21H,5,7-11,13H2,1-4H3,(H,31,32)(H,34,35)/t20-,21-,28-/m1/s1. The zero-order valence-electron chi connectivity index (χ0n) is 21.6. The van der Waals surface area contributed by atoms with Gasteiger partial charge in [-0.2, -0.15) is 0 Å². The Balaban J connectivity index is 1.75. The Kier molecular flexibility index (Phi) is 7.17. The molecule has 0 unspecified atom stereocenters. The van der Waals surface area contributed by atoms with Crippen molar-refractivity contribution in [1.82, 2.24) is 4.90 Å². The highest BCUT2D eigenvalue weighted by molar-refractivity contribution is 6.07. The topological polar surface area (TPSA) is 134 Å². The van der Waals surface area contributed by atoms with Crippen LogP contribution in [0.4, 0.5) is 0 Å². The molecule has 2 aliphatic heterocycles. The van der Waals surface area contributed by atoms with Crippen LogP contribution in [0.15, 0.2) is 28.4 Å². The predicted molar refractivity (Wildman–Crippen MR) is 135 cm³/mol. The summed E-state index contributed by atoms with van der Waals surface area (Å²) in [5, 5.41) is 19.5. The molecule has 37 heavy (non-hydrogen) atoms. The Bertz CT molecular complexity index is 1300. The van der Waals surface area contributed by atoms with Crippen LogP contribution in [0.5, 0.6) is 5.75 Å². The molecule has 198 valence electrons. The Hall–Kier alpha value is -3.62. The SMILES string of the molecule is CC(=O)CC[C@@H]1c2coc3c4c(cc(c23)O[C@]1(C)CCC=C(C)C)C(=O)N([C@H](CCC(=O)O)C(=O)O)C4. The lowest BCUT2D eigenvalue weighted by molar-refractivity contribution is -0.143. The van der Waals surface area contributed by atoms with E-state index >= 15 is 0 Å². The first-order valence-corrected chi connectivity index (χ1v) is 12.6. The largest absolute Gasteiger partial charge is 0.486 e. The smallest absolute Gasteiger partial charge is 0.326 e. The van der Waals surface area contributed by atoms with Crippen molar-refractivity contribution in [2.24, 2.45) is 0 Å². The van der Waals surface area contributed by atoms with Gasteiger partial charge in [-0.15, -0.1) is 0 Å². The van der Waals surface area contributed by atoms with E-state index in [4.69, 9.17) is 14.3 Å². The fourth-order valence-electron chi connectivity index (χ4n) is 5.60. The molecule has 1 aromatic heterocycles. The number of aliphatic carboxylic acids is 2. The average molecular weight is 512 g/mol. The Morgan fingerprint density at radius 1 is 1.22 bits per heavy atom. The number of ketones is 1. The van der Waals surface area contributed by atoms with Crippen molar-refractivity contribution in [1.29, 1.82) is 0 Å². The van der Waals surface area contributed by atoms with Crippen LogP contribution in [-0.2, 0) is 20.9 Å². The molecule has 9 heteroatoms. The van der Waals surface area contributed by atoms with Gasteiger partial charge in [-0.25, -0.2) is 4.79 Å². The molecule has 2 aliphatic rings. The average Bonchev–Trinajstić information content (AvgIpc) is 3.36. The molecule has 0 spiro atoms. The highest BCUT2D eigenvalue weighted by Gasteiger charge is 2.46. The molecule has 2 N–H and O–H groups in total. The van der Waals surface area contributed by atoms with Gasteiger partial charge >= 0.3 is 11.9 Å².